The highest BCUT2D eigenvalue weighted by Gasteiger charge is 2.11. The average molecular weight is 244 g/mol. The Balaban J connectivity index is 2.58. The molecule has 3 nitrogen and oxygen atoms in total. The van der Waals surface area contributed by atoms with Gasteiger partial charge in [-0.05, 0) is 25.5 Å². The first-order chi connectivity index (χ1) is 7.49. The van der Waals surface area contributed by atoms with Gasteiger partial charge in [0, 0.05) is 41.1 Å². The van der Waals surface area contributed by atoms with Crippen molar-refractivity contribution in [3.8, 4) is 0 Å². The zero-order valence-corrected chi connectivity index (χ0v) is 10.6. The van der Waals surface area contributed by atoms with E-state index in [0.29, 0.717) is 5.75 Å². The van der Waals surface area contributed by atoms with E-state index in [2.05, 4.69) is 10.3 Å². The molecule has 1 aromatic heterocycles. The first-order valence-corrected chi connectivity index (χ1v) is 6.88. The maximum absolute atomic E-state index is 12.9. The molecule has 1 aromatic rings. The van der Waals surface area contributed by atoms with Crippen molar-refractivity contribution < 1.29 is 8.60 Å². The Morgan fingerprint density at radius 1 is 1.50 bits per heavy atom. The molecule has 1 N–H and O–H groups in total. The molecule has 0 spiro atoms. The molecule has 5 heteroatoms. The van der Waals surface area contributed by atoms with Gasteiger partial charge in [-0.15, -0.1) is 0 Å². The van der Waals surface area contributed by atoms with Crippen LogP contribution in [0.25, 0.3) is 0 Å². The van der Waals surface area contributed by atoms with Gasteiger partial charge in [-0.2, -0.15) is 0 Å². The topological polar surface area (TPSA) is 42.0 Å². The van der Waals surface area contributed by atoms with Crippen molar-refractivity contribution in [1.29, 1.82) is 0 Å². The maximum Gasteiger partial charge on any atom is 0.141 e. The molecule has 0 fully saturated rings. The molecule has 0 radical (unpaired) electrons. The van der Waals surface area contributed by atoms with Crippen LogP contribution >= 0.6 is 0 Å². The fourth-order valence-electron chi connectivity index (χ4n) is 1.59. The quantitative estimate of drug-likeness (QED) is 0.856. The van der Waals surface area contributed by atoms with Crippen LogP contribution in [0.1, 0.15) is 25.5 Å². The van der Waals surface area contributed by atoms with E-state index in [1.165, 1.54) is 12.3 Å². The van der Waals surface area contributed by atoms with E-state index in [4.69, 9.17) is 0 Å². The molecule has 16 heavy (non-hydrogen) atoms. The third-order valence-electron chi connectivity index (χ3n) is 2.25. The number of hydrogen-bond acceptors (Lipinski definition) is 3. The van der Waals surface area contributed by atoms with E-state index >= 15 is 0 Å². The summed E-state index contributed by atoms with van der Waals surface area (Å²) in [4.78, 5) is 3.80. The van der Waals surface area contributed by atoms with Crippen LogP contribution < -0.4 is 5.32 Å². The smallest absolute Gasteiger partial charge is 0.141 e. The van der Waals surface area contributed by atoms with E-state index in [1.807, 2.05) is 13.8 Å². The summed E-state index contributed by atoms with van der Waals surface area (Å²) in [5.41, 5.74) is 0.800. The standard InChI is InChI=1S/C11H17FN2OS/c1-8(7-16(3)15)14-9(2)10-4-11(12)6-13-5-10/h4-6,8-9,14H,7H2,1-3H3. The Labute approximate surface area is 97.9 Å². The van der Waals surface area contributed by atoms with Crippen LogP contribution in [0.4, 0.5) is 4.39 Å². The van der Waals surface area contributed by atoms with Crippen LogP contribution in [0.2, 0.25) is 0 Å². The van der Waals surface area contributed by atoms with Crippen LogP contribution in [0.3, 0.4) is 0 Å². The van der Waals surface area contributed by atoms with Gasteiger partial charge in [0.25, 0.3) is 0 Å². The average Bonchev–Trinajstić information content (AvgIpc) is 2.16. The predicted octanol–water partition coefficient (Wildman–Crippen LogP) is 1.64. The maximum atomic E-state index is 12.9. The Morgan fingerprint density at radius 2 is 2.19 bits per heavy atom. The molecule has 0 saturated heterocycles. The minimum atomic E-state index is -0.825. The number of hydrogen-bond donors (Lipinski definition) is 1. The number of nitrogens with zero attached hydrogens (tertiary/aromatic N) is 1. The molecule has 0 aromatic carbocycles. The number of nitrogens with one attached hydrogen (secondary N) is 1. The van der Waals surface area contributed by atoms with Crippen molar-refractivity contribution in [2.45, 2.75) is 25.9 Å². The molecule has 0 aliphatic rings. The first kappa shape index (κ1) is 13.3. The second-order valence-electron chi connectivity index (χ2n) is 3.97. The molecular weight excluding hydrogens is 227 g/mol. The van der Waals surface area contributed by atoms with Gasteiger partial charge >= 0.3 is 0 Å². The van der Waals surface area contributed by atoms with Gasteiger partial charge in [0.15, 0.2) is 0 Å². The molecular formula is C11H17FN2OS. The SMILES string of the molecule is CC(CS(C)=O)NC(C)c1cncc(F)c1. The molecule has 0 saturated carbocycles. The Hall–Kier alpha value is -0.810. The van der Waals surface area contributed by atoms with Gasteiger partial charge in [-0.1, -0.05) is 0 Å². The Morgan fingerprint density at radius 3 is 2.75 bits per heavy atom. The molecule has 3 unspecified atom stereocenters. The summed E-state index contributed by atoms with van der Waals surface area (Å²) < 4.78 is 24.0. The second-order valence-corrected chi connectivity index (χ2v) is 5.45. The van der Waals surface area contributed by atoms with E-state index in [0.717, 1.165) is 5.56 Å². The molecule has 0 amide bonds. The number of aromatic nitrogens is 1. The lowest BCUT2D eigenvalue weighted by molar-refractivity contribution is 0.503. The van der Waals surface area contributed by atoms with Crippen molar-refractivity contribution in [1.82, 2.24) is 10.3 Å². The normalized spacial score (nSPS) is 16.8. The highest BCUT2D eigenvalue weighted by molar-refractivity contribution is 7.84. The van der Waals surface area contributed by atoms with Gasteiger partial charge in [-0.25, -0.2) is 4.39 Å². The minimum absolute atomic E-state index is 0.00162. The molecule has 0 bridgehead atoms. The second kappa shape index (κ2) is 6.06. The van der Waals surface area contributed by atoms with Crippen LogP contribution in [0, 0.1) is 5.82 Å². The molecule has 3 atom stereocenters. The van der Waals surface area contributed by atoms with Gasteiger partial charge in [0.1, 0.15) is 5.82 Å². The summed E-state index contributed by atoms with van der Waals surface area (Å²) in [5.74, 6) is 0.255. The lowest BCUT2D eigenvalue weighted by Gasteiger charge is -2.19. The number of halogens is 1. The molecule has 0 aliphatic heterocycles. The third-order valence-corrected chi connectivity index (χ3v) is 3.21. The van der Waals surface area contributed by atoms with Crippen LogP contribution in [0.15, 0.2) is 18.5 Å². The largest absolute Gasteiger partial charge is 0.307 e. The summed E-state index contributed by atoms with van der Waals surface area (Å²) in [6.07, 6.45) is 4.49. The fraction of sp³-hybridized carbons (Fsp3) is 0.545. The highest BCUT2D eigenvalue weighted by Crippen LogP contribution is 2.12. The van der Waals surface area contributed by atoms with Crippen LogP contribution in [-0.4, -0.2) is 27.2 Å². The Kier molecular flexibility index (Phi) is 5.02. The van der Waals surface area contributed by atoms with Crippen molar-refractivity contribution in [2.24, 2.45) is 0 Å². The van der Waals surface area contributed by atoms with Crippen molar-refractivity contribution in [3.05, 3.63) is 29.8 Å². The molecule has 1 rings (SSSR count). The zero-order chi connectivity index (χ0) is 12.1. The van der Waals surface area contributed by atoms with Crippen LogP contribution in [0.5, 0.6) is 0 Å². The van der Waals surface area contributed by atoms with E-state index in [9.17, 15) is 8.60 Å². The van der Waals surface area contributed by atoms with Crippen molar-refractivity contribution in [2.75, 3.05) is 12.0 Å². The number of pyridine rings is 1. The van der Waals surface area contributed by atoms with E-state index in [1.54, 1.807) is 12.5 Å². The lowest BCUT2D eigenvalue weighted by atomic mass is 10.1. The number of rotatable bonds is 5. The molecule has 0 aliphatic carbocycles. The molecule has 90 valence electrons. The van der Waals surface area contributed by atoms with Gasteiger partial charge < -0.3 is 5.32 Å². The van der Waals surface area contributed by atoms with E-state index < -0.39 is 10.8 Å². The summed E-state index contributed by atoms with van der Waals surface area (Å²) in [7, 11) is -0.825. The zero-order valence-electron chi connectivity index (χ0n) is 9.74. The summed E-state index contributed by atoms with van der Waals surface area (Å²) >= 11 is 0. The van der Waals surface area contributed by atoms with Crippen molar-refractivity contribution in [3.63, 3.8) is 0 Å². The lowest BCUT2D eigenvalue weighted by Crippen LogP contribution is -2.33. The van der Waals surface area contributed by atoms with Crippen molar-refractivity contribution >= 4 is 10.8 Å². The highest BCUT2D eigenvalue weighted by atomic mass is 32.2. The molecule has 1 heterocycles. The van der Waals surface area contributed by atoms with Gasteiger partial charge in [0.05, 0.1) is 6.20 Å². The predicted molar refractivity (Wildman–Crippen MR) is 64.1 cm³/mol. The Bertz CT molecular complexity index is 373. The first-order valence-electron chi connectivity index (χ1n) is 5.15. The third kappa shape index (κ3) is 4.37. The summed E-state index contributed by atoms with van der Waals surface area (Å²) in [5, 5.41) is 3.25. The van der Waals surface area contributed by atoms with E-state index in [-0.39, 0.29) is 17.9 Å². The fourth-order valence-corrected chi connectivity index (χ4v) is 2.39. The summed E-state index contributed by atoms with van der Waals surface area (Å²) in [6, 6.07) is 1.59. The van der Waals surface area contributed by atoms with Gasteiger partial charge in [-0.3, -0.25) is 9.19 Å². The van der Waals surface area contributed by atoms with Gasteiger partial charge in [0.2, 0.25) is 0 Å². The monoisotopic (exact) mass is 244 g/mol. The summed E-state index contributed by atoms with van der Waals surface area (Å²) in [6.45, 7) is 3.90. The van der Waals surface area contributed by atoms with Crippen LogP contribution in [-0.2, 0) is 10.8 Å². The minimum Gasteiger partial charge on any atom is -0.307 e.